The van der Waals surface area contributed by atoms with Crippen LogP contribution >= 0.6 is 34.4 Å². The molecule has 0 aromatic heterocycles. The van der Waals surface area contributed by atoms with Crippen molar-refractivity contribution in [2.75, 3.05) is 0 Å². The van der Waals surface area contributed by atoms with Crippen molar-refractivity contribution in [1.82, 2.24) is 0 Å². The SMILES string of the molecule is CC1CC(=O)c2cc(CI)ccc2S1. The Morgan fingerprint density at radius 1 is 1.57 bits per heavy atom. The number of carbonyl (C=O) groups excluding carboxylic acids is 1. The first kappa shape index (κ1) is 10.5. The van der Waals surface area contributed by atoms with E-state index in [1.54, 1.807) is 0 Å². The molecule has 0 radical (unpaired) electrons. The van der Waals surface area contributed by atoms with E-state index in [9.17, 15) is 4.79 Å². The fourth-order valence-corrected chi connectivity index (χ4v) is 3.20. The van der Waals surface area contributed by atoms with Gasteiger partial charge in [0, 0.05) is 26.6 Å². The number of hydrogen-bond acceptors (Lipinski definition) is 2. The van der Waals surface area contributed by atoms with Crippen molar-refractivity contribution in [3.05, 3.63) is 29.3 Å². The molecule has 1 aromatic rings. The molecule has 0 spiro atoms. The van der Waals surface area contributed by atoms with Crippen molar-refractivity contribution in [3.8, 4) is 0 Å². The molecule has 0 saturated heterocycles. The summed E-state index contributed by atoms with van der Waals surface area (Å²) >= 11 is 4.13. The zero-order valence-corrected chi connectivity index (χ0v) is 10.9. The van der Waals surface area contributed by atoms with Crippen molar-refractivity contribution < 1.29 is 4.79 Å². The molecule has 74 valence electrons. The summed E-state index contributed by atoms with van der Waals surface area (Å²) in [5.41, 5.74) is 2.18. The summed E-state index contributed by atoms with van der Waals surface area (Å²) in [6.45, 7) is 2.11. The third-order valence-electron chi connectivity index (χ3n) is 2.30. The van der Waals surface area contributed by atoms with E-state index in [0.29, 0.717) is 17.5 Å². The van der Waals surface area contributed by atoms with Crippen LogP contribution in [-0.2, 0) is 4.43 Å². The fraction of sp³-hybridized carbons (Fsp3) is 0.364. The van der Waals surface area contributed by atoms with E-state index in [4.69, 9.17) is 0 Å². The van der Waals surface area contributed by atoms with Gasteiger partial charge in [-0.1, -0.05) is 35.6 Å². The third-order valence-corrected chi connectivity index (χ3v) is 4.36. The highest BCUT2D eigenvalue weighted by Crippen LogP contribution is 2.35. The fourth-order valence-electron chi connectivity index (χ4n) is 1.61. The first-order valence-corrected chi connectivity index (χ1v) is 7.00. The lowest BCUT2D eigenvalue weighted by Crippen LogP contribution is -2.14. The molecule has 1 atom stereocenters. The Morgan fingerprint density at radius 3 is 3.07 bits per heavy atom. The molecule has 0 saturated carbocycles. The van der Waals surface area contributed by atoms with Gasteiger partial charge in [0.1, 0.15) is 0 Å². The number of benzene rings is 1. The van der Waals surface area contributed by atoms with Crippen molar-refractivity contribution in [3.63, 3.8) is 0 Å². The molecule has 0 aliphatic carbocycles. The first-order valence-electron chi connectivity index (χ1n) is 4.59. The molecular formula is C11H11IOS. The highest BCUT2D eigenvalue weighted by molar-refractivity contribution is 14.1. The number of alkyl halides is 1. The van der Waals surface area contributed by atoms with Gasteiger partial charge in [-0.25, -0.2) is 0 Å². The van der Waals surface area contributed by atoms with Gasteiger partial charge in [-0.05, 0) is 17.7 Å². The molecule has 2 rings (SSSR count). The van der Waals surface area contributed by atoms with Crippen molar-refractivity contribution in [2.24, 2.45) is 0 Å². The minimum Gasteiger partial charge on any atom is -0.294 e. The van der Waals surface area contributed by atoms with Gasteiger partial charge in [0.05, 0.1) is 0 Å². The van der Waals surface area contributed by atoms with Crippen molar-refractivity contribution in [1.29, 1.82) is 0 Å². The number of fused-ring (bicyclic) bond motifs is 1. The van der Waals surface area contributed by atoms with Crippen LogP contribution in [0.25, 0.3) is 0 Å². The molecule has 1 aromatic carbocycles. The molecule has 0 N–H and O–H groups in total. The highest BCUT2D eigenvalue weighted by Gasteiger charge is 2.22. The Morgan fingerprint density at radius 2 is 2.36 bits per heavy atom. The van der Waals surface area contributed by atoms with Gasteiger partial charge in [-0.15, -0.1) is 11.8 Å². The van der Waals surface area contributed by atoms with Crippen LogP contribution in [0.1, 0.15) is 29.3 Å². The number of Topliss-reactive ketones (excluding diaryl/α,β-unsaturated/α-hetero) is 1. The number of carbonyl (C=O) groups is 1. The summed E-state index contributed by atoms with van der Waals surface area (Å²) in [6.07, 6.45) is 0.683. The number of hydrogen-bond donors (Lipinski definition) is 0. The number of thioether (sulfide) groups is 1. The van der Waals surface area contributed by atoms with Crippen LogP contribution in [0.4, 0.5) is 0 Å². The lowest BCUT2D eigenvalue weighted by atomic mass is 10.0. The summed E-state index contributed by atoms with van der Waals surface area (Å²) in [6, 6.07) is 6.24. The second-order valence-corrected chi connectivity index (χ2v) is 5.76. The molecule has 0 bridgehead atoms. The molecule has 1 aliphatic heterocycles. The summed E-state index contributed by atoms with van der Waals surface area (Å²) < 4.78 is 0.971. The van der Waals surface area contributed by atoms with E-state index in [2.05, 4.69) is 41.6 Å². The normalized spacial score (nSPS) is 20.7. The van der Waals surface area contributed by atoms with E-state index < -0.39 is 0 Å². The van der Waals surface area contributed by atoms with E-state index in [1.807, 2.05) is 17.8 Å². The number of halogens is 1. The van der Waals surface area contributed by atoms with Crippen LogP contribution in [0, 0.1) is 0 Å². The number of ketones is 1. The average molecular weight is 318 g/mol. The van der Waals surface area contributed by atoms with Crippen LogP contribution < -0.4 is 0 Å². The molecule has 1 aliphatic rings. The minimum atomic E-state index is 0.304. The van der Waals surface area contributed by atoms with Gasteiger partial charge in [-0.2, -0.15) is 0 Å². The Balaban J connectivity index is 2.44. The zero-order valence-electron chi connectivity index (χ0n) is 7.92. The number of rotatable bonds is 1. The Labute approximate surface area is 102 Å². The Kier molecular flexibility index (Phi) is 3.17. The predicted molar refractivity (Wildman–Crippen MR) is 68.4 cm³/mol. The summed E-state index contributed by atoms with van der Waals surface area (Å²) in [5, 5.41) is 0.431. The summed E-state index contributed by atoms with van der Waals surface area (Å²) in [7, 11) is 0. The quantitative estimate of drug-likeness (QED) is 0.580. The first-order chi connectivity index (χ1) is 6.70. The second kappa shape index (κ2) is 4.23. The van der Waals surface area contributed by atoms with Crippen LogP contribution in [0.3, 0.4) is 0 Å². The predicted octanol–water partition coefficient (Wildman–Crippen LogP) is 3.69. The maximum absolute atomic E-state index is 11.7. The van der Waals surface area contributed by atoms with Gasteiger partial charge >= 0.3 is 0 Å². The molecule has 1 unspecified atom stereocenters. The van der Waals surface area contributed by atoms with Crippen LogP contribution in [0.2, 0.25) is 0 Å². The van der Waals surface area contributed by atoms with Crippen LogP contribution in [-0.4, -0.2) is 11.0 Å². The molecule has 1 nitrogen and oxygen atoms in total. The molecule has 0 amide bonds. The van der Waals surface area contributed by atoms with Gasteiger partial charge in [-0.3, -0.25) is 4.79 Å². The Hall–Kier alpha value is -0.0300. The lowest BCUT2D eigenvalue weighted by Gasteiger charge is -2.20. The van der Waals surface area contributed by atoms with Crippen molar-refractivity contribution >= 4 is 40.1 Å². The Bertz CT molecular complexity index is 376. The van der Waals surface area contributed by atoms with Gasteiger partial charge in [0.2, 0.25) is 0 Å². The lowest BCUT2D eigenvalue weighted by molar-refractivity contribution is 0.0978. The van der Waals surface area contributed by atoms with Gasteiger partial charge in [0.25, 0.3) is 0 Å². The van der Waals surface area contributed by atoms with E-state index in [1.165, 1.54) is 5.56 Å². The van der Waals surface area contributed by atoms with E-state index in [0.717, 1.165) is 14.9 Å². The van der Waals surface area contributed by atoms with E-state index >= 15 is 0 Å². The smallest absolute Gasteiger partial charge is 0.165 e. The molecule has 14 heavy (non-hydrogen) atoms. The summed E-state index contributed by atoms with van der Waals surface area (Å²) in [4.78, 5) is 12.9. The largest absolute Gasteiger partial charge is 0.294 e. The topological polar surface area (TPSA) is 17.1 Å². The van der Waals surface area contributed by atoms with Crippen molar-refractivity contribution in [2.45, 2.75) is 27.9 Å². The summed E-state index contributed by atoms with van der Waals surface area (Å²) in [5.74, 6) is 0.304. The van der Waals surface area contributed by atoms with E-state index in [-0.39, 0.29) is 0 Å². The minimum absolute atomic E-state index is 0.304. The van der Waals surface area contributed by atoms with Crippen LogP contribution in [0.15, 0.2) is 23.1 Å². The average Bonchev–Trinajstić information content (AvgIpc) is 2.17. The molecule has 0 fully saturated rings. The molecule has 1 heterocycles. The zero-order chi connectivity index (χ0) is 10.1. The maximum atomic E-state index is 11.7. The molecule has 3 heteroatoms. The second-order valence-electron chi connectivity index (χ2n) is 3.52. The van der Waals surface area contributed by atoms with Gasteiger partial charge < -0.3 is 0 Å². The monoisotopic (exact) mass is 318 g/mol. The molecular weight excluding hydrogens is 307 g/mol. The third kappa shape index (κ3) is 1.98. The van der Waals surface area contributed by atoms with Crippen LogP contribution in [0.5, 0.6) is 0 Å². The highest BCUT2D eigenvalue weighted by atomic mass is 127. The maximum Gasteiger partial charge on any atom is 0.165 e. The standard InChI is InChI=1S/C11H11IOS/c1-7-4-10(13)9-5-8(6-12)2-3-11(9)14-7/h2-3,5,7H,4,6H2,1H3. The van der Waals surface area contributed by atoms with Gasteiger partial charge in [0.15, 0.2) is 5.78 Å².